The van der Waals surface area contributed by atoms with Gasteiger partial charge in [0.25, 0.3) is 5.56 Å². The standard InChI is InChI=1S/C24H21FN2O4S/c1-31-21-9-12-23-18(14-21)13-19(24(28)26-23)16-27(15-17-5-3-2-4-6-17)32(29,30)22-10-7-20(25)8-11-22/h2-14H,15-16H2,1H3,(H,26,28). The Labute approximate surface area is 185 Å². The van der Waals surface area contributed by atoms with Gasteiger partial charge in [0.15, 0.2) is 0 Å². The van der Waals surface area contributed by atoms with Gasteiger partial charge < -0.3 is 9.72 Å². The molecule has 0 saturated heterocycles. The fraction of sp³-hybridized carbons (Fsp3) is 0.125. The van der Waals surface area contributed by atoms with Crippen molar-refractivity contribution in [1.29, 1.82) is 0 Å². The predicted molar refractivity (Wildman–Crippen MR) is 120 cm³/mol. The zero-order chi connectivity index (χ0) is 22.7. The van der Waals surface area contributed by atoms with Crippen molar-refractivity contribution in [2.75, 3.05) is 7.11 Å². The lowest BCUT2D eigenvalue weighted by molar-refractivity contribution is 0.399. The topological polar surface area (TPSA) is 79.5 Å². The maximum Gasteiger partial charge on any atom is 0.252 e. The summed E-state index contributed by atoms with van der Waals surface area (Å²) in [6.45, 7) is -0.104. The van der Waals surface area contributed by atoms with Gasteiger partial charge in [0, 0.05) is 29.6 Å². The van der Waals surface area contributed by atoms with Gasteiger partial charge in [-0.2, -0.15) is 4.31 Å². The Balaban J connectivity index is 1.77. The van der Waals surface area contributed by atoms with Gasteiger partial charge in [-0.25, -0.2) is 12.8 Å². The SMILES string of the molecule is COc1ccc2[nH]c(=O)c(CN(Cc3ccccc3)S(=O)(=O)c3ccc(F)cc3)cc2c1. The molecule has 0 aliphatic carbocycles. The minimum atomic E-state index is -4.01. The van der Waals surface area contributed by atoms with Crippen LogP contribution in [0, 0.1) is 5.82 Å². The van der Waals surface area contributed by atoms with E-state index in [0.717, 1.165) is 23.1 Å². The summed E-state index contributed by atoms with van der Waals surface area (Å²) in [5, 5.41) is 0.720. The molecule has 6 nitrogen and oxygen atoms in total. The Morgan fingerprint density at radius 1 is 0.938 bits per heavy atom. The minimum absolute atomic E-state index is 0.0475. The van der Waals surface area contributed by atoms with Crippen LogP contribution < -0.4 is 10.3 Å². The summed E-state index contributed by atoms with van der Waals surface area (Å²) < 4.78 is 46.6. The van der Waals surface area contributed by atoms with Crippen LogP contribution in [-0.2, 0) is 23.1 Å². The molecule has 1 aromatic heterocycles. The molecule has 0 aliphatic heterocycles. The maximum absolute atomic E-state index is 13.4. The number of halogens is 1. The molecule has 3 aromatic carbocycles. The van der Waals surface area contributed by atoms with Crippen molar-refractivity contribution >= 4 is 20.9 Å². The molecule has 0 radical (unpaired) electrons. The Hall–Kier alpha value is -3.49. The average molecular weight is 453 g/mol. The summed E-state index contributed by atoms with van der Waals surface area (Å²) in [5.41, 5.74) is 1.29. The van der Waals surface area contributed by atoms with Crippen LogP contribution in [0.2, 0.25) is 0 Å². The summed E-state index contributed by atoms with van der Waals surface area (Å²) >= 11 is 0. The number of hydrogen-bond donors (Lipinski definition) is 1. The molecule has 0 bridgehead atoms. The van der Waals surface area contributed by atoms with E-state index >= 15 is 0 Å². The third-order valence-electron chi connectivity index (χ3n) is 5.13. The Bertz CT molecular complexity index is 1400. The Morgan fingerprint density at radius 3 is 2.34 bits per heavy atom. The summed E-state index contributed by atoms with van der Waals surface area (Å²) in [7, 11) is -2.46. The number of aromatic amines is 1. The van der Waals surface area contributed by atoms with E-state index in [4.69, 9.17) is 4.74 Å². The highest BCUT2D eigenvalue weighted by Crippen LogP contribution is 2.23. The fourth-order valence-electron chi connectivity index (χ4n) is 3.43. The van der Waals surface area contributed by atoms with E-state index in [2.05, 4.69) is 4.98 Å². The van der Waals surface area contributed by atoms with Gasteiger partial charge in [0.05, 0.1) is 12.0 Å². The van der Waals surface area contributed by atoms with Gasteiger partial charge in [-0.05, 0) is 54.1 Å². The number of rotatable bonds is 7. The predicted octanol–water partition coefficient (Wildman–Crippen LogP) is 4.07. The van der Waals surface area contributed by atoms with E-state index in [9.17, 15) is 17.6 Å². The summed E-state index contributed by atoms with van der Waals surface area (Å²) in [6.07, 6.45) is 0. The second-order valence-corrected chi connectivity index (χ2v) is 9.23. The highest BCUT2D eigenvalue weighted by Gasteiger charge is 2.26. The first kappa shape index (κ1) is 21.7. The zero-order valence-electron chi connectivity index (χ0n) is 17.3. The van der Waals surface area contributed by atoms with Gasteiger partial charge >= 0.3 is 0 Å². The third-order valence-corrected chi connectivity index (χ3v) is 6.93. The molecule has 1 heterocycles. The molecule has 0 saturated carbocycles. The first-order valence-corrected chi connectivity index (χ1v) is 11.3. The van der Waals surface area contributed by atoms with E-state index < -0.39 is 15.8 Å². The molecule has 164 valence electrons. The van der Waals surface area contributed by atoms with Crippen molar-refractivity contribution in [1.82, 2.24) is 9.29 Å². The molecule has 4 aromatic rings. The molecular formula is C24H21FN2O4S. The van der Waals surface area contributed by atoms with Crippen molar-refractivity contribution in [2.45, 2.75) is 18.0 Å². The monoisotopic (exact) mass is 452 g/mol. The van der Waals surface area contributed by atoms with Crippen LogP contribution in [0.15, 0.2) is 88.6 Å². The Morgan fingerprint density at radius 2 is 1.66 bits per heavy atom. The van der Waals surface area contributed by atoms with Crippen molar-refractivity contribution < 1.29 is 17.5 Å². The fourth-order valence-corrected chi connectivity index (χ4v) is 4.84. The maximum atomic E-state index is 13.4. The van der Waals surface area contributed by atoms with Crippen LogP contribution in [-0.4, -0.2) is 24.8 Å². The van der Waals surface area contributed by atoms with E-state index in [0.29, 0.717) is 11.3 Å². The van der Waals surface area contributed by atoms with Crippen molar-refractivity contribution in [2.24, 2.45) is 0 Å². The molecule has 8 heteroatoms. The number of methoxy groups -OCH3 is 1. The molecular weight excluding hydrogens is 431 g/mol. The van der Waals surface area contributed by atoms with Crippen LogP contribution in [0.5, 0.6) is 5.75 Å². The molecule has 0 spiro atoms. The molecule has 0 unspecified atom stereocenters. The number of nitrogens with one attached hydrogen (secondary N) is 1. The number of benzene rings is 3. The minimum Gasteiger partial charge on any atom is -0.497 e. The van der Waals surface area contributed by atoms with Crippen LogP contribution in [0.1, 0.15) is 11.1 Å². The normalized spacial score (nSPS) is 11.7. The van der Waals surface area contributed by atoms with Crippen molar-refractivity contribution in [3.05, 3.63) is 106 Å². The second kappa shape index (κ2) is 8.94. The number of ether oxygens (including phenoxy) is 1. The highest BCUT2D eigenvalue weighted by molar-refractivity contribution is 7.89. The number of hydrogen-bond acceptors (Lipinski definition) is 4. The first-order valence-electron chi connectivity index (χ1n) is 9.86. The molecule has 32 heavy (non-hydrogen) atoms. The van der Waals surface area contributed by atoms with Crippen molar-refractivity contribution in [3.8, 4) is 5.75 Å². The number of sulfonamides is 1. The van der Waals surface area contributed by atoms with E-state index in [1.807, 2.05) is 30.3 Å². The van der Waals surface area contributed by atoms with Crippen LogP contribution in [0.3, 0.4) is 0 Å². The van der Waals surface area contributed by atoms with E-state index in [-0.39, 0.29) is 29.1 Å². The molecule has 0 fully saturated rings. The van der Waals surface area contributed by atoms with Crippen LogP contribution in [0.4, 0.5) is 4.39 Å². The van der Waals surface area contributed by atoms with Crippen LogP contribution >= 0.6 is 0 Å². The molecule has 0 atom stereocenters. The average Bonchev–Trinajstić information content (AvgIpc) is 2.79. The zero-order valence-corrected chi connectivity index (χ0v) is 18.1. The first-order chi connectivity index (χ1) is 15.4. The molecule has 0 amide bonds. The van der Waals surface area contributed by atoms with Gasteiger partial charge in [0.2, 0.25) is 10.0 Å². The van der Waals surface area contributed by atoms with Crippen molar-refractivity contribution in [3.63, 3.8) is 0 Å². The number of pyridine rings is 1. The lowest BCUT2D eigenvalue weighted by atomic mass is 10.1. The molecule has 0 aliphatic rings. The summed E-state index contributed by atoms with van der Waals surface area (Å²) in [5.74, 6) is 0.0917. The number of H-pyrrole nitrogens is 1. The number of nitrogens with zero attached hydrogens (tertiary/aromatic N) is 1. The van der Waals surface area contributed by atoms with Gasteiger partial charge in [-0.1, -0.05) is 30.3 Å². The third kappa shape index (κ3) is 4.56. The van der Waals surface area contributed by atoms with E-state index in [1.165, 1.54) is 16.4 Å². The smallest absolute Gasteiger partial charge is 0.252 e. The van der Waals surface area contributed by atoms with Crippen LogP contribution in [0.25, 0.3) is 10.9 Å². The lowest BCUT2D eigenvalue weighted by Gasteiger charge is -2.22. The van der Waals surface area contributed by atoms with E-state index in [1.54, 1.807) is 31.4 Å². The summed E-state index contributed by atoms with van der Waals surface area (Å²) in [6, 6.07) is 20.6. The Kier molecular flexibility index (Phi) is 6.07. The quantitative estimate of drug-likeness (QED) is 0.459. The number of fused-ring (bicyclic) bond motifs is 1. The lowest BCUT2D eigenvalue weighted by Crippen LogP contribution is -2.32. The van der Waals surface area contributed by atoms with Gasteiger partial charge in [-0.15, -0.1) is 0 Å². The summed E-state index contributed by atoms with van der Waals surface area (Å²) in [4.78, 5) is 15.5. The molecule has 1 N–H and O–H groups in total. The molecule has 4 rings (SSSR count). The van der Waals surface area contributed by atoms with Gasteiger partial charge in [0.1, 0.15) is 11.6 Å². The second-order valence-electron chi connectivity index (χ2n) is 7.29. The van der Waals surface area contributed by atoms with Gasteiger partial charge in [-0.3, -0.25) is 4.79 Å². The highest BCUT2D eigenvalue weighted by atomic mass is 32.2. The largest absolute Gasteiger partial charge is 0.497 e. The number of aromatic nitrogens is 1.